The SMILES string of the molecule is CCNC(=NCc1c(C)nn(C)c1C)NCC(c1cccc(Cl)c1)N1CCOCC1. The highest BCUT2D eigenvalue weighted by molar-refractivity contribution is 6.30. The number of halogens is 1. The molecule has 2 aromatic rings. The third-order valence-corrected chi connectivity index (χ3v) is 5.82. The summed E-state index contributed by atoms with van der Waals surface area (Å²) in [6.45, 7) is 11.6. The zero-order valence-corrected chi connectivity index (χ0v) is 19.2. The Balaban J connectivity index is 1.75. The Bertz CT molecular complexity index is 859. The van der Waals surface area contributed by atoms with Gasteiger partial charge in [0, 0.05) is 49.5 Å². The molecule has 8 heteroatoms. The molecular formula is C22H33ClN6O. The van der Waals surface area contributed by atoms with Crippen LogP contribution in [0.15, 0.2) is 29.3 Å². The summed E-state index contributed by atoms with van der Waals surface area (Å²) in [5.41, 5.74) is 4.55. The first-order valence-electron chi connectivity index (χ1n) is 10.6. The number of aliphatic imine (C=N–C) groups is 1. The Morgan fingerprint density at radius 1 is 1.27 bits per heavy atom. The number of rotatable bonds is 7. The van der Waals surface area contributed by atoms with E-state index < -0.39 is 0 Å². The Hall–Kier alpha value is -2.09. The van der Waals surface area contributed by atoms with Crippen molar-refractivity contribution >= 4 is 17.6 Å². The number of aryl methyl sites for hydroxylation is 2. The van der Waals surface area contributed by atoms with Gasteiger partial charge in [0.25, 0.3) is 0 Å². The molecule has 1 atom stereocenters. The van der Waals surface area contributed by atoms with Gasteiger partial charge in [-0.3, -0.25) is 9.58 Å². The lowest BCUT2D eigenvalue weighted by atomic mass is 10.0. The van der Waals surface area contributed by atoms with E-state index in [9.17, 15) is 0 Å². The number of hydrogen-bond acceptors (Lipinski definition) is 4. The Labute approximate surface area is 184 Å². The van der Waals surface area contributed by atoms with Gasteiger partial charge in [0.15, 0.2) is 5.96 Å². The van der Waals surface area contributed by atoms with Crippen LogP contribution in [-0.4, -0.2) is 60.0 Å². The first-order chi connectivity index (χ1) is 14.5. The normalized spacial score (nSPS) is 16.5. The maximum absolute atomic E-state index is 6.28. The molecule has 7 nitrogen and oxygen atoms in total. The molecule has 1 unspecified atom stereocenters. The number of morpholine rings is 1. The molecule has 30 heavy (non-hydrogen) atoms. The highest BCUT2D eigenvalue weighted by Gasteiger charge is 2.23. The van der Waals surface area contributed by atoms with E-state index in [0.717, 1.165) is 61.8 Å². The van der Waals surface area contributed by atoms with Crippen molar-refractivity contribution in [3.63, 3.8) is 0 Å². The molecule has 1 aliphatic heterocycles. The molecule has 1 fully saturated rings. The predicted molar refractivity (Wildman–Crippen MR) is 122 cm³/mol. The first-order valence-corrected chi connectivity index (χ1v) is 11.0. The Morgan fingerprint density at radius 2 is 2.03 bits per heavy atom. The molecule has 1 aromatic carbocycles. The molecule has 1 saturated heterocycles. The first kappa shape index (κ1) is 22.6. The number of guanidine groups is 1. The fourth-order valence-electron chi connectivity index (χ4n) is 3.80. The number of nitrogens with zero attached hydrogens (tertiary/aromatic N) is 4. The van der Waals surface area contributed by atoms with E-state index in [4.69, 9.17) is 21.3 Å². The van der Waals surface area contributed by atoms with Crippen molar-refractivity contribution in [2.24, 2.45) is 12.0 Å². The molecule has 2 N–H and O–H groups in total. The number of nitrogens with one attached hydrogen (secondary N) is 2. The van der Waals surface area contributed by atoms with Crippen molar-refractivity contribution in [3.05, 3.63) is 51.8 Å². The van der Waals surface area contributed by atoms with Crippen LogP contribution in [-0.2, 0) is 18.3 Å². The van der Waals surface area contributed by atoms with Gasteiger partial charge in [-0.15, -0.1) is 0 Å². The summed E-state index contributed by atoms with van der Waals surface area (Å²) in [5.74, 6) is 0.806. The van der Waals surface area contributed by atoms with Gasteiger partial charge in [0.05, 0.1) is 31.5 Å². The van der Waals surface area contributed by atoms with Crippen LogP contribution in [0.3, 0.4) is 0 Å². The lowest BCUT2D eigenvalue weighted by Gasteiger charge is -2.35. The van der Waals surface area contributed by atoms with E-state index >= 15 is 0 Å². The monoisotopic (exact) mass is 432 g/mol. The van der Waals surface area contributed by atoms with Crippen molar-refractivity contribution in [1.82, 2.24) is 25.3 Å². The quantitative estimate of drug-likeness (QED) is 0.520. The second-order valence-electron chi connectivity index (χ2n) is 7.57. The van der Waals surface area contributed by atoms with Crippen LogP contribution < -0.4 is 10.6 Å². The van der Waals surface area contributed by atoms with Gasteiger partial charge in [-0.2, -0.15) is 5.10 Å². The summed E-state index contributed by atoms with van der Waals surface area (Å²) in [4.78, 5) is 7.26. The number of hydrogen-bond donors (Lipinski definition) is 2. The molecule has 0 radical (unpaired) electrons. The van der Waals surface area contributed by atoms with Gasteiger partial charge >= 0.3 is 0 Å². The summed E-state index contributed by atoms with van der Waals surface area (Å²) in [6, 6.07) is 8.31. The van der Waals surface area contributed by atoms with Gasteiger partial charge < -0.3 is 15.4 Å². The second-order valence-corrected chi connectivity index (χ2v) is 8.00. The van der Waals surface area contributed by atoms with Crippen molar-refractivity contribution in [2.75, 3.05) is 39.4 Å². The molecule has 0 saturated carbocycles. The highest BCUT2D eigenvalue weighted by Crippen LogP contribution is 2.24. The van der Waals surface area contributed by atoms with Crippen LogP contribution in [0.4, 0.5) is 0 Å². The lowest BCUT2D eigenvalue weighted by Crippen LogP contribution is -2.46. The van der Waals surface area contributed by atoms with Crippen LogP contribution in [0, 0.1) is 13.8 Å². The predicted octanol–water partition coefficient (Wildman–Crippen LogP) is 2.82. The summed E-state index contributed by atoms with van der Waals surface area (Å²) < 4.78 is 7.46. The van der Waals surface area contributed by atoms with Crippen molar-refractivity contribution in [2.45, 2.75) is 33.4 Å². The summed E-state index contributed by atoms with van der Waals surface area (Å²) in [5, 5.41) is 12.2. The van der Waals surface area contributed by atoms with Gasteiger partial charge in [0.1, 0.15) is 0 Å². The fourth-order valence-corrected chi connectivity index (χ4v) is 4.00. The second kappa shape index (κ2) is 10.8. The van der Waals surface area contributed by atoms with Crippen molar-refractivity contribution < 1.29 is 4.74 Å². The topological polar surface area (TPSA) is 66.7 Å². The minimum Gasteiger partial charge on any atom is -0.379 e. The Kier molecular flexibility index (Phi) is 8.13. The van der Waals surface area contributed by atoms with Crippen LogP contribution in [0.5, 0.6) is 0 Å². The van der Waals surface area contributed by atoms with Crippen molar-refractivity contribution in [1.29, 1.82) is 0 Å². The van der Waals surface area contributed by atoms with Crippen LogP contribution in [0.2, 0.25) is 5.02 Å². The third-order valence-electron chi connectivity index (χ3n) is 5.58. The molecule has 2 heterocycles. The molecule has 164 valence electrons. The zero-order chi connectivity index (χ0) is 21.5. The van der Waals surface area contributed by atoms with E-state index in [-0.39, 0.29) is 6.04 Å². The van der Waals surface area contributed by atoms with Crippen LogP contribution >= 0.6 is 11.6 Å². The van der Waals surface area contributed by atoms with E-state index in [1.807, 2.05) is 30.8 Å². The molecule has 0 spiro atoms. The molecule has 1 aromatic heterocycles. The Morgan fingerprint density at radius 3 is 2.67 bits per heavy atom. The van der Waals surface area contributed by atoms with E-state index in [2.05, 4.69) is 46.6 Å². The molecule has 0 amide bonds. The minimum absolute atomic E-state index is 0.193. The fraction of sp³-hybridized carbons (Fsp3) is 0.545. The number of benzene rings is 1. The largest absolute Gasteiger partial charge is 0.379 e. The average Bonchev–Trinajstić information content (AvgIpc) is 2.98. The molecule has 3 rings (SSSR count). The maximum atomic E-state index is 6.28. The van der Waals surface area contributed by atoms with E-state index in [1.54, 1.807) is 0 Å². The van der Waals surface area contributed by atoms with Gasteiger partial charge in [-0.05, 0) is 38.5 Å². The molecule has 1 aliphatic rings. The summed E-state index contributed by atoms with van der Waals surface area (Å²) in [6.07, 6.45) is 0. The number of aromatic nitrogens is 2. The van der Waals surface area contributed by atoms with E-state index in [1.165, 1.54) is 11.1 Å². The minimum atomic E-state index is 0.193. The summed E-state index contributed by atoms with van der Waals surface area (Å²) in [7, 11) is 1.97. The van der Waals surface area contributed by atoms with Crippen LogP contribution in [0.25, 0.3) is 0 Å². The average molecular weight is 433 g/mol. The standard InChI is InChI=1S/C22H33ClN6O/c1-5-24-22(25-14-20-16(2)27-28(4)17(20)3)26-15-21(29-9-11-30-12-10-29)18-7-6-8-19(23)13-18/h6-8,13,21H,5,9-12,14-15H2,1-4H3,(H2,24,25,26). The van der Waals surface area contributed by atoms with E-state index in [0.29, 0.717) is 6.54 Å². The molecule has 0 bridgehead atoms. The van der Waals surface area contributed by atoms with Gasteiger partial charge in [-0.25, -0.2) is 4.99 Å². The molecule has 0 aliphatic carbocycles. The lowest BCUT2D eigenvalue weighted by molar-refractivity contribution is 0.0170. The zero-order valence-electron chi connectivity index (χ0n) is 18.4. The maximum Gasteiger partial charge on any atom is 0.191 e. The number of ether oxygens (including phenoxy) is 1. The van der Waals surface area contributed by atoms with Gasteiger partial charge in [0.2, 0.25) is 0 Å². The smallest absolute Gasteiger partial charge is 0.191 e. The highest BCUT2D eigenvalue weighted by atomic mass is 35.5. The van der Waals surface area contributed by atoms with Crippen molar-refractivity contribution in [3.8, 4) is 0 Å². The van der Waals surface area contributed by atoms with Gasteiger partial charge in [-0.1, -0.05) is 23.7 Å². The third kappa shape index (κ3) is 5.74. The summed E-state index contributed by atoms with van der Waals surface area (Å²) >= 11 is 6.28. The molecular weight excluding hydrogens is 400 g/mol. The van der Waals surface area contributed by atoms with Crippen LogP contribution in [0.1, 0.15) is 35.5 Å².